The molecule has 0 bridgehead atoms. The summed E-state index contributed by atoms with van der Waals surface area (Å²) >= 11 is 0. The first-order chi connectivity index (χ1) is 13.3. The van der Waals surface area contributed by atoms with Gasteiger partial charge in [0.2, 0.25) is 0 Å². The first kappa shape index (κ1) is 20.2. The van der Waals surface area contributed by atoms with E-state index in [0.29, 0.717) is 37.4 Å². The average Bonchev–Trinajstić information content (AvgIpc) is 2.92. The van der Waals surface area contributed by atoms with Crippen molar-refractivity contribution in [3.63, 3.8) is 0 Å². The molecule has 0 atom stereocenters. The summed E-state index contributed by atoms with van der Waals surface area (Å²) in [5, 5.41) is 0. The number of ether oxygens (including phenoxy) is 1. The van der Waals surface area contributed by atoms with Gasteiger partial charge in [0.1, 0.15) is 18.2 Å². The van der Waals surface area contributed by atoms with Crippen LogP contribution >= 0.6 is 0 Å². The third kappa shape index (κ3) is 5.48. The topological polar surface area (TPSA) is 50.6 Å². The molecule has 1 fully saturated rings. The maximum absolute atomic E-state index is 12.7. The lowest BCUT2D eigenvalue weighted by atomic mass is 10.2. The highest BCUT2D eigenvalue weighted by molar-refractivity contribution is 5.94. The number of halogens is 3. The number of rotatable bonds is 5. The fourth-order valence-electron chi connectivity index (χ4n) is 3.15. The molecule has 0 N–H and O–H groups in total. The van der Waals surface area contributed by atoms with E-state index in [1.807, 2.05) is 17.8 Å². The number of benzene rings is 1. The van der Waals surface area contributed by atoms with E-state index < -0.39 is 12.7 Å². The summed E-state index contributed by atoms with van der Waals surface area (Å²) in [5.41, 5.74) is 0.494. The van der Waals surface area contributed by atoms with Crippen LogP contribution in [0.2, 0.25) is 0 Å². The van der Waals surface area contributed by atoms with E-state index in [9.17, 15) is 18.0 Å². The number of alkyl halides is 3. The Hall–Kier alpha value is -2.55. The molecule has 1 amide bonds. The van der Waals surface area contributed by atoms with Gasteiger partial charge in [-0.1, -0.05) is 0 Å². The minimum absolute atomic E-state index is 0.176. The SMILES string of the molecule is Cn1ccnc1COc1ccc(C(=O)N2CCCN(CC(F)(F)F)CC2)cc1. The molecule has 0 unspecified atom stereocenters. The van der Waals surface area contributed by atoms with Crippen LogP contribution in [0.15, 0.2) is 36.7 Å². The van der Waals surface area contributed by atoms with Crippen molar-refractivity contribution in [1.82, 2.24) is 19.4 Å². The number of nitrogens with zero attached hydrogens (tertiary/aromatic N) is 4. The quantitative estimate of drug-likeness (QED) is 0.780. The van der Waals surface area contributed by atoms with E-state index in [1.165, 1.54) is 4.90 Å². The molecule has 2 heterocycles. The van der Waals surface area contributed by atoms with Gasteiger partial charge in [0.25, 0.3) is 5.91 Å². The Morgan fingerprint density at radius 3 is 2.54 bits per heavy atom. The summed E-state index contributed by atoms with van der Waals surface area (Å²) in [6.45, 7) is 0.672. The molecule has 0 aliphatic carbocycles. The van der Waals surface area contributed by atoms with Gasteiger partial charge in [0, 0.05) is 51.2 Å². The third-order valence-electron chi connectivity index (χ3n) is 4.67. The highest BCUT2D eigenvalue weighted by Crippen LogP contribution is 2.19. The second kappa shape index (κ2) is 8.64. The molecule has 9 heteroatoms. The number of aryl methyl sites for hydroxylation is 1. The van der Waals surface area contributed by atoms with Gasteiger partial charge in [-0.3, -0.25) is 9.69 Å². The second-order valence-corrected chi connectivity index (χ2v) is 6.80. The molecule has 0 spiro atoms. The zero-order chi connectivity index (χ0) is 20.1. The molecule has 0 saturated carbocycles. The molecule has 3 rings (SSSR count). The van der Waals surface area contributed by atoms with Gasteiger partial charge in [0.15, 0.2) is 0 Å². The van der Waals surface area contributed by atoms with Crippen LogP contribution in [0.4, 0.5) is 13.2 Å². The summed E-state index contributed by atoms with van der Waals surface area (Å²) < 4.78 is 45.2. The largest absolute Gasteiger partial charge is 0.486 e. The summed E-state index contributed by atoms with van der Waals surface area (Å²) in [5.74, 6) is 1.23. The van der Waals surface area contributed by atoms with Crippen LogP contribution in [0, 0.1) is 0 Å². The molecular weight excluding hydrogens is 373 g/mol. The Kier molecular flexibility index (Phi) is 6.23. The van der Waals surface area contributed by atoms with Crippen molar-refractivity contribution in [3.05, 3.63) is 48.0 Å². The monoisotopic (exact) mass is 396 g/mol. The molecule has 1 aromatic carbocycles. The number of hydrogen-bond donors (Lipinski definition) is 0. The van der Waals surface area contributed by atoms with Gasteiger partial charge in [-0.15, -0.1) is 0 Å². The standard InChI is InChI=1S/C19H23F3N4O2/c1-24-10-7-23-17(24)13-28-16-5-3-15(4-6-16)18(27)26-9-2-8-25(11-12-26)14-19(20,21)22/h3-7,10H,2,8-9,11-14H2,1H3. The summed E-state index contributed by atoms with van der Waals surface area (Å²) in [4.78, 5) is 19.8. The Morgan fingerprint density at radius 2 is 1.89 bits per heavy atom. The highest BCUT2D eigenvalue weighted by Gasteiger charge is 2.32. The van der Waals surface area contributed by atoms with E-state index in [-0.39, 0.29) is 19.0 Å². The number of hydrogen-bond acceptors (Lipinski definition) is 4. The fraction of sp³-hybridized carbons (Fsp3) is 0.474. The lowest BCUT2D eigenvalue weighted by Gasteiger charge is -2.23. The van der Waals surface area contributed by atoms with Crippen LogP contribution < -0.4 is 4.74 Å². The van der Waals surface area contributed by atoms with Crippen molar-refractivity contribution < 1.29 is 22.7 Å². The van der Waals surface area contributed by atoms with Gasteiger partial charge < -0.3 is 14.2 Å². The van der Waals surface area contributed by atoms with Gasteiger partial charge in [-0.25, -0.2) is 4.98 Å². The number of carbonyl (C=O) groups is 1. The molecular formula is C19H23F3N4O2. The van der Waals surface area contributed by atoms with E-state index in [1.54, 1.807) is 35.4 Å². The first-order valence-electron chi connectivity index (χ1n) is 9.09. The molecule has 1 aromatic heterocycles. The van der Waals surface area contributed by atoms with Crippen LogP contribution in [-0.2, 0) is 13.7 Å². The van der Waals surface area contributed by atoms with Gasteiger partial charge in [-0.2, -0.15) is 13.2 Å². The first-order valence-corrected chi connectivity index (χ1v) is 9.09. The van der Waals surface area contributed by atoms with Gasteiger partial charge >= 0.3 is 6.18 Å². The van der Waals surface area contributed by atoms with Crippen LogP contribution in [0.5, 0.6) is 5.75 Å². The van der Waals surface area contributed by atoms with Crippen molar-refractivity contribution in [2.45, 2.75) is 19.2 Å². The van der Waals surface area contributed by atoms with Gasteiger partial charge in [0.05, 0.1) is 6.54 Å². The lowest BCUT2D eigenvalue weighted by Crippen LogP contribution is -2.38. The summed E-state index contributed by atoms with van der Waals surface area (Å²) in [6, 6.07) is 6.77. The normalized spacial score (nSPS) is 16.1. The molecule has 1 saturated heterocycles. The van der Waals surface area contributed by atoms with E-state index in [2.05, 4.69) is 4.98 Å². The number of aromatic nitrogens is 2. The predicted molar refractivity (Wildman–Crippen MR) is 97.0 cm³/mol. The number of imidazole rings is 1. The van der Waals surface area contributed by atoms with E-state index >= 15 is 0 Å². The number of amides is 1. The zero-order valence-corrected chi connectivity index (χ0v) is 15.7. The molecule has 1 aliphatic rings. The maximum Gasteiger partial charge on any atom is 0.401 e. The molecule has 1 aliphatic heterocycles. The summed E-state index contributed by atoms with van der Waals surface area (Å²) in [7, 11) is 1.88. The highest BCUT2D eigenvalue weighted by atomic mass is 19.4. The fourth-order valence-corrected chi connectivity index (χ4v) is 3.15. The third-order valence-corrected chi connectivity index (χ3v) is 4.67. The molecule has 6 nitrogen and oxygen atoms in total. The maximum atomic E-state index is 12.7. The molecule has 152 valence electrons. The average molecular weight is 396 g/mol. The Morgan fingerprint density at radius 1 is 1.14 bits per heavy atom. The van der Waals surface area contributed by atoms with Crippen molar-refractivity contribution >= 4 is 5.91 Å². The second-order valence-electron chi connectivity index (χ2n) is 6.80. The number of carbonyl (C=O) groups excluding carboxylic acids is 1. The summed E-state index contributed by atoms with van der Waals surface area (Å²) in [6.07, 6.45) is -0.175. The molecule has 2 aromatic rings. The Balaban J connectivity index is 1.54. The van der Waals surface area contributed by atoms with Crippen LogP contribution in [0.1, 0.15) is 22.6 Å². The van der Waals surface area contributed by atoms with Gasteiger partial charge in [-0.05, 0) is 30.7 Å². The van der Waals surface area contributed by atoms with Crippen molar-refractivity contribution in [2.24, 2.45) is 7.05 Å². The smallest absolute Gasteiger partial charge is 0.401 e. The van der Waals surface area contributed by atoms with E-state index in [0.717, 1.165) is 5.82 Å². The van der Waals surface area contributed by atoms with Crippen molar-refractivity contribution in [3.8, 4) is 5.75 Å². The van der Waals surface area contributed by atoms with Crippen molar-refractivity contribution in [2.75, 3.05) is 32.7 Å². The zero-order valence-electron chi connectivity index (χ0n) is 15.7. The van der Waals surface area contributed by atoms with Crippen LogP contribution in [0.3, 0.4) is 0 Å². The minimum atomic E-state index is -4.22. The van der Waals surface area contributed by atoms with E-state index in [4.69, 9.17) is 4.74 Å². The predicted octanol–water partition coefficient (Wildman–Crippen LogP) is 2.71. The molecule has 0 radical (unpaired) electrons. The lowest BCUT2D eigenvalue weighted by molar-refractivity contribution is -0.145. The molecule has 28 heavy (non-hydrogen) atoms. The van der Waals surface area contributed by atoms with Crippen LogP contribution in [0.25, 0.3) is 0 Å². The van der Waals surface area contributed by atoms with Crippen LogP contribution in [-0.4, -0.2) is 64.2 Å². The Bertz CT molecular complexity index is 789. The minimum Gasteiger partial charge on any atom is -0.486 e. The van der Waals surface area contributed by atoms with Crippen molar-refractivity contribution in [1.29, 1.82) is 0 Å². The Labute approximate surface area is 161 Å².